The van der Waals surface area contributed by atoms with Crippen LogP contribution in [0.3, 0.4) is 0 Å². The molecular formula is C16H12N4O. The number of nitrogens with zero attached hydrogens (tertiary/aromatic N) is 3. The van der Waals surface area contributed by atoms with Gasteiger partial charge < -0.3 is 5.32 Å². The lowest BCUT2D eigenvalue weighted by Crippen LogP contribution is -2.14. The third kappa shape index (κ3) is 2.47. The van der Waals surface area contributed by atoms with Crippen LogP contribution in [-0.4, -0.2) is 15.3 Å². The number of carbonyl (C=O) groups is 1. The lowest BCUT2D eigenvalue weighted by atomic mass is 10.2. The Bertz CT molecular complexity index is 873. The molecule has 102 valence electrons. The number of benzene rings is 1. The second kappa shape index (κ2) is 5.10. The van der Waals surface area contributed by atoms with E-state index in [0.717, 1.165) is 11.3 Å². The predicted molar refractivity (Wildman–Crippen MR) is 80.6 cm³/mol. The summed E-state index contributed by atoms with van der Waals surface area (Å²) < 4.78 is 1.67. The van der Waals surface area contributed by atoms with Gasteiger partial charge in [0.15, 0.2) is 5.69 Å². The topological polar surface area (TPSA) is 50.8 Å². The van der Waals surface area contributed by atoms with Gasteiger partial charge in [0.2, 0.25) is 0 Å². The SMILES string of the molecule is [C-]#[N+]c1ccn2c(C(=O)Nc3cccc(C)c3)cnc2c1. The first-order valence-electron chi connectivity index (χ1n) is 6.40. The molecule has 0 aliphatic heterocycles. The first-order valence-corrected chi connectivity index (χ1v) is 6.40. The van der Waals surface area contributed by atoms with Gasteiger partial charge in [-0.3, -0.25) is 9.20 Å². The monoisotopic (exact) mass is 276 g/mol. The molecular weight excluding hydrogens is 264 g/mol. The molecule has 0 fully saturated rings. The van der Waals surface area contributed by atoms with Crippen LogP contribution in [0.4, 0.5) is 11.4 Å². The number of aryl methyl sites for hydroxylation is 1. The van der Waals surface area contributed by atoms with Crippen molar-refractivity contribution >= 4 is 22.9 Å². The number of pyridine rings is 1. The summed E-state index contributed by atoms with van der Waals surface area (Å²) in [5.41, 5.74) is 3.33. The summed E-state index contributed by atoms with van der Waals surface area (Å²) in [6.45, 7) is 8.96. The molecule has 0 bridgehead atoms. The average Bonchev–Trinajstić information content (AvgIpc) is 2.90. The lowest BCUT2D eigenvalue weighted by molar-refractivity contribution is 0.102. The average molecular weight is 276 g/mol. The highest BCUT2D eigenvalue weighted by molar-refractivity contribution is 6.03. The second-order valence-electron chi connectivity index (χ2n) is 4.69. The van der Waals surface area contributed by atoms with E-state index in [9.17, 15) is 4.79 Å². The highest BCUT2D eigenvalue weighted by Crippen LogP contribution is 2.17. The molecule has 21 heavy (non-hydrogen) atoms. The summed E-state index contributed by atoms with van der Waals surface area (Å²) in [6, 6.07) is 10.9. The van der Waals surface area contributed by atoms with Gasteiger partial charge in [0, 0.05) is 11.9 Å². The van der Waals surface area contributed by atoms with Crippen LogP contribution in [0.1, 0.15) is 16.1 Å². The fourth-order valence-electron chi connectivity index (χ4n) is 2.13. The van der Waals surface area contributed by atoms with Gasteiger partial charge in [0.05, 0.1) is 12.8 Å². The van der Waals surface area contributed by atoms with E-state index in [1.807, 2.05) is 31.2 Å². The summed E-state index contributed by atoms with van der Waals surface area (Å²) >= 11 is 0. The highest BCUT2D eigenvalue weighted by atomic mass is 16.1. The van der Waals surface area contributed by atoms with Gasteiger partial charge in [-0.2, -0.15) is 0 Å². The van der Waals surface area contributed by atoms with Crippen LogP contribution in [0.2, 0.25) is 0 Å². The molecule has 0 spiro atoms. The molecule has 2 heterocycles. The predicted octanol–water partition coefficient (Wildman–Crippen LogP) is 3.45. The van der Waals surface area contributed by atoms with Crippen LogP contribution in [0, 0.1) is 13.5 Å². The van der Waals surface area contributed by atoms with E-state index in [1.54, 1.807) is 22.7 Å². The Kier molecular flexibility index (Phi) is 3.13. The number of fused-ring (bicyclic) bond motifs is 1. The quantitative estimate of drug-likeness (QED) is 0.729. The van der Waals surface area contributed by atoms with E-state index in [-0.39, 0.29) is 5.91 Å². The van der Waals surface area contributed by atoms with E-state index < -0.39 is 0 Å². The molecule has 1 aromatic carbocycles. The zero-order chi connectivity index (χ0) is 14.8. The molecule has 5 heteroatoms. The van der Waals surface area contributed by atoms with Gasteiger partial charge in [-0.25, -0.2) is 9.83 Å². The zero-order valence-electron chi connectivity index (χ0n) is 11.4. The third-order valence-electron chi connectivity index (χ3n) is 3.13. The van der Waals surface area contributed by atoms with Crippen molar-refractivity contribution in [3.8, 4) is 0 Å². The van der Waals surface area contributed by atoms with E-state index in [2.05, 4.69) is 15.1 Å². The van der Waals surface area contributed by atoms with Crippen LogP contribution in [0.5, 0.6) is 0 Å². The summed E-state index contributed by atoms with van der Waals surface area (Å²) in [5.74, 6) is -0.233. The number of amides is 1. The van der Waals surface area contributed by atoms with E-state index in [1.165, 1.54) is 6.20 Å². The van der Waals surface area contributed by atoms with Gasteiger partial charge in [-0.05, 0) is 36.8 Å². The standard InChI is InChI=1S/C16H12N4O/c1-11-4-3-5-13(8-11)19-16(21)14-10-18-15-9-12(17-2)6-7-20(14)15/h3-10H,1H3,(H,19,21). The summed E-state index contributed by atoms with van der Waals surface area (Å²) in [7, 11) is 0. The maximum Gasteiger partial charge on any atom is 0.274 e. The number of hydrogen-bond acceptors (Lipinski definition) is 2. The van der Waals surface area contributed by atoms with Crippen molar-refractivity contribution in [1.82, 2.24) is 9.38 Å². The maximum atomic E-state index is 12.3. The van der Waals surface area contributed by atoms with Crippen LogP contribution in [0.25, 0.3) is 10.5 Å². The van der Waals surface area contributed by atoms with Gasteiger partial charge in [0.25, 0.3) is 5.91 Å². The van der Waals surface area contributed by atoms with E-state index in [0.29, 0.717) is 17.0 Å². The van der Waals surface area contributed by atoms with Gasteiger partial charge >= 0.3 is 0 Å². The van der Waals surface area contributed by atoms with E-state index >= 15 is 0 Å². The van der Waals surface area contributed by atoms with Gasteiger partial charge in [0.1, 0.15) is 11.3 Å². The van der Waals surface area contributed by atoms with E-state index in [4.69, 9.17) is 6.57 Å². The number of carbonyl (C=O) groups excluding carboxylic acids is 1. The Hall–Kier alpha value is -3.13. The first-order chi connectivity index (χ1) is 10.2. The molecule has 0 saturated carbocycles. The molecule has 0 atom stereocenters. The molecule has 2 aromatic heterocycles. The number of anilines is 1. The molecule has 1 N–H and O–H groups in total. The van der Waals surface area contributed by atoms with Crippen LogP contribution in [-0.2, 0) is 0 Å². The number of nitrogens with one attached hydrogen (secondary N) is 1. The highest BCUT2D eigenvalue weighted by Gasteiger charge is 2.12. The first kappa shape index (κ1) is 12.9. The van der Waals surface area contributed by atoms with Gasteiger partial charge in [-0.1, -0.05) is 12.1 Å². The van der Waals surface area contributed by atoms with Crippen molar-refractivity contribution in [2.24, 2.45) is 0 Å². The van der Waals surface area contributed by atoms with Crippen molar-refractivity contribution < 1.29 is 4.79 Å². The lowest BCUT2D eigenvalue weighted by Gasteiger charge is -2.06. The van der Waals surface area contributed by atoms with Crippen molar-refractivity contribution in [1.29, 1.82) is 0 Å². The normalized spacial score (nSPS) is 10.3. The molecule has 0 unspecified atom stereocenters. The fourth-order valence-corrected chi connectivity index (χ4v) is 2.13. The summed E-state index contributed by atoms with van der Waals surface area (Å²) in [5, 5.41) is 2.85. The largest absolute Gasteiger partial charge is 0.321 e. The second-order valence-corrected chi connectivity index (χ2v) is 4.69. The minimum atomic E-state index is -0.233. The zero-order valence-corrected chi connectivity index (χ0v) is 11.4. The minimum absolute atomic E-state index is 0.233. The Balaban J connectivity index is 1.93. The molecule has 5 nitrogen and oxygen atoms in total. The third-order valence-corrected chi connectivity index (χ3v) is 3.13. The Morgan fingerprint density at radius 1 is 1.33 bits per heavy atom. The fraction of sp³-hybridized carbons (Fsp3) is 0.0625. The molecule has 3 aromatic rings. The molecule has 0 aliphatic rings. The Labute approximate surface area is 121 Å². The number of imidazole rings is 1. The van der Waals surface area contributed by atoms with Crippen LogP contribution < -0.4 is 5.32 Å². The number of hydrogen-bond donors (Lipinski definition) is 1. The van der Waals surface area contributed by atoms with Crippen molar-refractivity contribution in [2.75, 3.05) is 5.32 Å². The maximum absolute atomic E-state index is 12.3. The molecule has 0 radical (unpaired) electrons. The number of rotatable bonds is 2. The minimum Gasteiger partial charge on any atom is -0.321 e. The van der Waals surface area contributed by atoms with Gasteiger partial charge in [-0.15, -0.1) is 0 Å². The summed E-state index contributed by atoms with van der Waals surface area (Å²) in [6.07, 6.45) is 3.19. The molecule has 0 saturated heterocycles. The molecule has 3 rings (SSSR count). The molecule has 0 aliphatic carbocycles. The van der Waals surface area contributed by atoms with Crippen molar-refractivity contribution in [3.63, 3.8) is 0 Å². The van der Waals surface area contributed by atoms with Crippen molar-refractivity contribution in [3.05, 3.63) is 71.5 Å². The number of aromatic nitrogens is 2. The summed E-state index contributed by atoms with van der Waals surface area (Å²) in [4.78, 5) is 19.8. The molecule has 1 amide bonds. The van der Waals surface area contributed by atoms with Crippen LogP contribution in [0.15, 0.2) is 48.8 Å². The van der Waals surface area contributed by atoms with Crippen molar-refractivity contribution in [2.45, 2.75) is 6.92 Å². The Morgan fingerprint density at radius 2 is 2.19 bits per heavy atom. The smallest absolute Gasteiger partial charge is 0.274 e. The Morgan fingerprint density at radius 3 is 2.95 bits per heavy atom. The van der Waals surface area contributed by atoms with Crippen LogP contribution >= 0.6 is 0 Å².